The Morgan fingerprint density at radius 3 is 2.70 bits per heavy atom. The molecule has 1 heterocycles. The number of piperidine rings is 1. The number of amides is 1. The summed E-state index contributed by atoms with van der Waals surface area (Å²) in [7, 11) is 0. The van der Waals surface area contributed by atoms with E-state index in [9.17, 15) is 4.79 Å². The number of allylic oxidation sites excluding steroid dienone is 2. The van der Waals surface area contributed by atoms with Crippen molar-refractivity contribution in [3.8, 4) is 0 Å². The summed E-state index contributed by atoms with van der Waals surface area (Å²) in [6, 6.07) is 0. The topological polar surface area (TPSA) is 20.3 Å². The molecule has 0 radical (unpaired) electrons. The molecule has 20 heavy (non-hydrogen) atoms. The van der Waals surface area contributed by atoms with Gasteiger partial charge in [-0.1, -0.05) is 39.3 Å². The van der Waals surface area contributed by atoms with E-state index in [4.69, 9.17) is 0 Å². The molecule has 2 heteroatoms. The largest absolute Gasteiger partial charge is 0.342 e. The van der Waals surface area contributed by atoms with Crippen molar-refractivity contribution in [3.63, 3.8) is 0 Å². The van der Waals surface area contributed by atoms with Crippen LogP contribution in [0.3, 0.4) is 0 Å². The van der Waals surface area contributed by atoms with Crippen LogP contribution in [0.15, 0.2) is 12.2 Å². The van der Waals surface area contributed by atoms with E-state index in [1.54, 1.807) is 0 Å². The molecule has 0 bridgehead atoms. The van der Waals surface area contributed by atoms with Gasteiger partial charge in [0.25, 0.3) is 0 Å². The van der Waals surface area contributed by atoms with Crippen LogP contribution in [0.2, 0.25) is 0 Å². The highest BCUT2D eigenvalue weighted by atomic mass is 16.2. The van der Waals surface area contributed by atoms with Crippen LogP contribution < -0.4 is 0 Å². The number of hydrogen-bond donors (Lipinski definition) is 0. The molecular formula is C18H31NO. The molecule has 0 N–H and O–H groups in total. The Kier molecular flexibility index (Phi) is 5.29. The van der Waals surface area contributed by atoms with Gasteiger partial charge in [0, 0.05) is 19.5 Å². The average Bonchev–Trinajstić information content (AvgIpc) is 2.45. The SMILES string of the molecule is CC[C@@H](CC(=O)N1CCC[C@]2(CC=CCC2)C1)C(C)C. The van der Waals surface area contributed by atoms with Crippen LogP contribution in [0.4, 0.5) is 0 Å². The monoisotopic (exact) mass is 277 g/mol. The Balaban J connectivity index is 1.94. The number of likely N-dealkylation sites (tertiary alicyclic amines) is 1. The lowest BCUT2D eigenvalue weighted by Crippen LogP contribution is -2.47. The molecule has 1 amide bonds. The number of carbonyl (C=O) groups is 1. The highest BCUT2D eigenvalue weighted by Gasteiger charge is 2.37. The van der Waals surface area contributed by atoms with Gasteiger partial charge in [-0.2, -0.15) is 0 Å². The zero-order chi connectivity index (χ0) is 14.6. The standard InChI is InChI=1S/C18H31NO/c1-4-16(15(2)3)13-17(20)19-12-8-11-18(14-19)9-6-5-7-10-18/h5-6,15-16H,4,7-14H2,1-3H3/t16-,18+/m0/s1. The summed E-state index contributed by atoms with van der Waals surface area (Å²) >= 11 is 0. The van der Waals surface area contributed by atoms with Crippen molar-refractivity contribution in [1.82, 2.24) is 4.90 Å². The predicted octanol–water partition coefficient (Wildman–Crippen LogP) is 4.41. The molecule has 0 saturated carbocycles. The second-order valence-electron chi connectivity index (χ2n) is 7.25. The molecule has 1 aliphatic carbocycles. The first-order valence-corrected chi connectivity index (χ1v) is 8.49. The van der Waals surface area contributed by atoms with Gasteiger partial charge in [-0.3, -0.25) is 4.79 Å². The summed E-state index contributed by atoms with van der Waals surface area (Å²) in [5, 5.41) is 0. The lowest BCUT2D eigenvalue weighted by Gasteiger charge is -2.44. The minimum atomic E-state index is 0.402. The molecule has 2 atom stereocenters. The number of carbonyl (C=O) groups excluding carboxylic acids is 1. The lowest BCUT2D eigenvalue weighted by molar-refractivity contribution is -0.136. The van der Waals surface area contributed by atoms with Crippen LogP contribution in [0.25, 0.3) is 0 Å². The summed E-state index contributed by atoms with van der Waals surface area (Å²) in [4.78, 5) is 14.8. The maximum Gasteiger partial charge on any atom is 0.222 e. The van der Waals surface area contributed by atoms with Gasteiger partial charge in [0.2, 0.25) is 5.91 Å². The van der Waals surface area contributed by atoms with Gasteiger partial charge in [0.1, 0.15) is 0 Å². The van der Waals surface area contributed by atoms with E-state index in [-0.39, 0.29) is 0 Å². The number of rotatable bonds is 4. The normalized spacial score (nSPS) is 28.1. The van der Waals surface area contributed by atoms with Gasteiger partial charge in [-0.25, -0.2) is 0 Å². The summed E-state index contributed by atoms with van der Waals surface area (Å²) in [5.74, 6) is 1.56. The highest BCUT2D eigenvalue weighted by molar-refractivity contribution is 5.76. The molecule has 114 valence electrons. The second kappa shape index (κ2) is 6.78. The molecule has 1 saturated heterocycles. The van der Waals surface area contributed by atoms with E-state index in [0.29, 0.717) is 23.2 Å². The Hall–Kier alpha value is -0.790. The maximum absolute atomic E-state index is 12.6. The minimum Gasteiger partial charge on any atom is -0.342 e. The fourth-order valence-electron chi connectivity index (χ4n) is 3.94. The van der Waals surface area contributed by atoms with E-state index in [0.717, 1.165) is 25.9 Å². The quantitative estimate of drug-likeness (QED) is 0.697. The first-order valence-electron chi connectivity index (χ1n) is 8.49. The van der Waals surface area contributed by atoms with Gasteiger partial charge >= 0.3 is 0 Å². The predicted molar refractivity (Wildman–Crippen MR) is 84.5 cm³/mol. The van der Waals surface area contributed by atoms with Crippen LogP contribution in [0.5, 0.6) is 0 Å². The molecule has 0 unspecified atom stereocenters. The van der Waals surface area contributed by atoms with Crippen LogP contribution in [0, 0.1) is 17.3 Å². The fraction of sp³-hybridized carbons (Fsp3) is 0.833. The highest BCUT2D eigenvalue weighted by Crippen LogP contribution is 2.41. The smallest absolute Gasteiger partial charge is 0.222 e. The molecule has 1 spiro atoms. The summed E-state index contributed by atoms with van der Waals surface area (Å²) in [6.07, 6.45) is 12.7. The zero-order valence-electron chi connectivity index (χ0n) is 13.5. The van der Waals surface area contributed by atoms with Crippen molar-refractivity contribution >= 4 is 5.91 Å². The van der Waals surface area contributed by atoms with E-state index in [1.807, 2.05) is 0 Å². The van der Waals surface area contributed by atoms with Gasteiger partial charge in [0.05, 0.1) is 0 Å². The van der Waals surface area contributed by atoms with Crippen LogP contribution >= 0.6 is 0 Å². The lowest BCUT2D eigenvalue weighted by atomic mass is 9.71. The Morgan fingerprint density at radius 1 is 1.30 bits per heavy atom. The molecule has 2 rings (SSSR count). The average molecular weight is 277 g/mol. The molecular weight excluding hydrogens is 246 g/mol. The molecule has 1 fully saturated rings. The van der Waals surface area contributed by atoms with E-state index >= 15 is 0 Å². The van der Waals surface area contributed by atoms with Crippen LogP contribution in [-0.4, -0.2) is 23.9 Å². The van der Waals surface area contributed by atoms with E-state index < -0.39 is 0 Å². The van der Waals surface area contributed by atoms with Gasteiger partial charge in [-0.15, -0.1) is 0 Å². The molecule has 0 aromatic heterocycles. The fourth-order valence-corrected chi connectivity index (χ4v) is 3.94. The summed E-state index contributed by atoms with van der Waals surface area (Å²) < 4.78 is 0. The zero-order valence-corrected chi connectivity index (χ0v) is 13.5. The van der Waals surface area contributed by atoms with Crippen molar-refractivity contribution < 1.29 is 4.79 Å². The molecule has 0 aromatic rings. The van der Waals surface area contributed by atoms with Gasteiger partial charge in [0.15, 0.2) is 0 Å². The molecule has 1 aliphatic heterocycles. The molecule has 2 aliphatic rings. The second-order valence-corrected chi connectivity index (χ2v) is 7.25. The first-order chi connectivity index (χ1) is 9.56. The third-order valence-electron chi connectivity index (χ3n) is 5.48. The Bertz CT molecular complexity index is 360. The van der Waals surface area contributed by atoms with Crippen molar-refractivity contribution in [1.29, 1.82) is 0 Å². The van der Waals surface area contributed by atoms with E-state index in [2.05, 4.69) is 37.8 Å². The minimum absolute atomic E-state index is 0.402. The maximum atomic E-state index is 12.6. The van der Waals surface area contributed by atoms with Gasteiger partial charge < -0.3 is 4.90 Å². The molecule has 0 aromatic carbocycles. The van der Waals surface area contributed by atoms with Crippen molar-refractivity contribution in [2.75, 3.05) is 13.1 Å². The van der Waals surface area contributed by atoms with Crippen LogP contribution in [0.1, 0.15) is 65.7 Å². The van der Waals surface area contributed by atoms with Gasteiger partial charge in [-0.05, 0) is 49.4 Å². The van der Waals surface area contributed by atoms with Crippen LogP contribution in [-0.2, 0) is 4.79 Å². The number of nitrogens with zero attached hydrogens (tertiary/aromatic N) is 1. The van der Waals surface area contributed by atoms with E-state index in [1.165, 1.54) is 32.1 Å². The first kappa shape index (κ1) is 15.6. The van der Waals surface area contributed by atoms with Crippen molar-refractivity contribution in [2.24, 2.45) is 17.3 Å². The third-order valence-corrected chi connectivity index (χ3v) is 5.48. The molecule has 2 nitrogen and oxygen atoms in total. The third kappa shape index (κ3) is 3.65. The summed E-state index contributed by atoms with van der Waals surface area (Å²) in [6.45, 7) is 8.68. The van der Waals surface area contributed by atoms with Crippen molar-refractivity contribution in [3.05, 3.63) is 12.2 Å². The summed E-state index contributed by atoms with van der Waals surface area (Å²) in [5.41, 5.74) is 0.405. The number of hydrogen-bond acceptors (Lipinski definition) is 1. The van der Waals surface area contributed by atoms with Crippen molar-refractivity contribution in [2.45, 2.75) is 65.7 Å². The Morgan fingerprint density at radius 2 is 2.10 bits per heavy atom. The Labute approximate surface area is 124 Å².